The van der Waals surface area contributed by atoms with E-state index in [4.69, 9.17) is 21.2 Å². The number of aryl methyl sites for hydroxylation is 2. The molecule has 0 fully saturated rings. The van der Waals surface area contributed by atoms with Gasteiger partial charge in [0.2, 0.25) is 0 Å². The van der Waals surface area contributed by atoms with E-state index in [9.17, 15) is 9.59 Å². The third kappa shape index (κ3) is 6.33. The maximum atomic E-state index is 12.9. The number of oxime groups is 1. The highest BCUT2D eigenvalue weighted by Crippen LogP contribution is 2.29. The molecule has 32 heavy (non-hydrogen) atoms. The third-order valence-electron chi connectivity index (χ3n) is 5.34. The number of esters is 1. The number of carbonyl (C=O) groups is 2. The van der Waals surface area contributed by atoms with Gasteiger partial charge in [-0.1, -0.05) is 53.2 Å². The molecule has 0 atom stereocenters. The Kier molecular flexibility index (Phi) is 8.68. The fourth-order valence-corrected chi connectivity index (χ4v) is 3.90. The Morgan fingerprint density at radius 2 is 1.81 bits per heavy atom. The van der Waals surface area contributed by atoms with Crippen molar-refractivity contribution < 1.29 is 19.2 Å². The molecule has 1 amide bonds. The number of halogens is 1. The van der Waals surface area contributed by atoms with Gasteiger partial charge in [0.25, 0.3) is 5.91 Å². The highest BCUT2D eigenvalue weighted by Gasteiger charge is 2.22. The number of benzene rings is 1. The van der Waals surface area contributed by atoms with E-state index < -0.39 is 5.97 Å². The van der Waals surface area contributed by atoms with E-state index in [1.54, 1.807) is 4.90 Å². The maximum absolute atomic E-state index is 12.9. The molecule has 2 aliphatic rings. The normalized spacial score (nSPS) is 20.4. The average molecular weight is 457 g/mol. The average Bonchev–Trinajstić information content (AvgIpc) is 3.30. The van der Waals surface area contributed by atoms with Crippen molar-refractivity contribution in [2.24, 2.45) is 5.16 Å². The van der Waals surface area contributed by atoms with E-state index in [0.29, 0.717) is 48.0 Å². The lowest BCUT2D eigenvalue weighted by Gasteiger charge is -2.17. The van der Waals surface area contributed by atoms with Crippen molar-refractivity contribution in [1.82, 2.24) is 4.90 Å². The Morgan fingerprint density at radius 3 is 2.59 bits per heavy atom. The molecule has 2 heterocycles. The zero-order valence-corrected chi connectivity index (χ0v) is 19.4. The number of cyclic esters (lactones) is 1. The Labute approximate surface area is 194 Å². The minimum Gasteiger partial charge on any atom is -0.462 e. The summed E-state index contributed by atoms with van der Waals surface area (Å²) in [5, 5.41) is 4.73. The van der Waals surface area contributed by atoms with Crippen molar-refractivity contribution in [2.45, 2.75) is 39.5 Å². The summed E-state index contributed by atoms with van der Waals surface area (Å²) < 4.78 is 5.50. The Morgan fingerprint density at radius 1 is 1.09 bits per heavy atom. The zero-order valence-electron chi connectivity index (χ0n) is 18.6. The monoisotopic (exact) mass is 456 g/mol. The van der Waals surface area contributed by atoms with Crippen molar-refractivity contribution in [3.63, 3.8) is 0 Å². The lowest BCUT2D eigenvalue weighted by molar-refractivity contribution is -0.134. The Hall–Kier alpha value is -2.86. The summed E-state index contributed by atoms with van der Waals surface area (Å²) in [6.07, 6.45) is 14.5. The molecule has 0 N–H and O–H groups in total. The summed E-state index contributed by atoms with van der Waals surface area (Å²) in [7, 11) is 0. The second-order valence-electron chi connectivity index (χ2n) is 7.86. The van der Waals surface area contributed by atoms with Crippen molar-refractivity contribution in [3.05, 3.63) is 69.8 Å². The van der Waals surface area contributed by atoms with Crippen molar-refractivity contribution in [3.8, 4) is 0 Å². The Balaban J connectivity index is 1.88. The molecule has 0 unspecified atom stereocenters. The molecule has 1 aromatic carbocycles. The molecule has 3 rings (SSSR count). The predicted molar refractivity (Wildman–Crippen MR) is 126 cm³/mol. The van der Waals surface area contributed by atoms with Crippen LogP contribution in [0.25, 0.3) is 0 Å². The van der Waals surface area contributed by atoms with Gasteiger partial charge in [-0.05, 0) is 55.9 Å². The standard InChI is InChI=1S/C25H29ClN2O4/c1-18-15-19(2)24(26)21-16-20(27-32-17-22(29)28-12-8-9-13-28)11-7-5-3-4-6-10-14-31-25(30)23(18)21/h4,6-9,11,15H,3,5,10,12-14,16-17H2,1-2H3/b6-4+,11-7+,27-20+. The van der Waals surface area contributed by atoms with Crippen molar-refractivity contribution in [2.75, 3.05) is 26.3 Å². The first kappa shape index (κ1) is 23.8. The topological polar surface area (TPSA) is 68.2 Å². The number of nitrogens with zero attached hydrogens (tertiary/aromatic N) is 2. The van der Waals surface area contributed by atoms with Gasteiger partial charge in [0.15, 0.2) is 6.61 Å². The van der Waals surface area contributed by atoms with Crippen molar-refractivity contribution >= 4 is 29.2 Å². The maximum Gasteiger partial charge on any atom is 0.338 e. The summed E-state index contributed by atoms with van der Waals surface area (Å²) in [4.78, 5) is 32.2. The summed E-state index contributed by atoms with van der Waals surface area (Å²) in [6, 6.07) is 1.89. The second-order valence-corrected chi connectivity index (χ2v) is 8.23. The summed E-state index contributed by atoms with van der Waals surface area (Å²) in [6.45, 7) is 5.14. The number of hydrogen-bond acceptors (Lipinski definition) is 5. The summed E-state index contributed by atoms with van der Waals surface area (Å²) in [5.41, 5.74) is 3.38. The number of fused-ring (bicyclic) bond motifs is 1. The molecule has 0 saturated carbocycles. The van der Waals surface area contributed by atoms with Crippen LogP contribution in [0, 0.1) is 13.8 Å². The van der Waals surface area contributed by atoms with Gasteiger partial charge >= 0.3 is 5.97 Å². The quantitative estimate of drug-likeness (QED) is 0.375. The first-order valence-electron chi connectivity index (χ1n) is 10.9. The van der Waals surface area contributed by atoms with E-state index in [2.05, 4.69) is 11.2 Å². The largest absolute Gasteiger partial charge is 0.462 e. The number of allylic oxidation sites excluding steroid dienone is 3. The summed E-state index contributed by atoms with van der Waals surface area (Å²) >= 11 is 6.63. The number of ether oxygens (including phenoxy) is 1. The minimum absolute atomic E-state index is 0.122. The van der Waals surface area contributed by atoms with Crippen LogP contribution in [0.2, 0.25) is 5.02 Å². The van der Waals surface area contributed by atoms with Gasteiger partial charge < -0.3 is 14.5 Å². The van der Waals surface area contributed by atoms with Crippen LogP contribution < -0.4 is 0 Å². The molecule has 0 spiro atoms. The highest BCUT2D eigenvalue weighted by molar-refractivity contribution is 6.33. The van der Waals surface area contributed by atoms with Crippen LogP contribution in [0.3, 0.4) is 0 Å². The van der Waals surface area contributed by atoms with E-state index in [1.807, 2.05) is 50.3 Å². The first-order valence-corrected chi connectivity index (χ1v) is 11.2. The number of hydrogen-bond donors (Lipinski definition) is 0. The molecule has 0 bridgehead atoms. The number of amides is 1. The Bertz CT molecular complexity index is 971. The fourth-order valence-electron chi connectivity index (χ4n) is 3.68. The zero-order chi connectivity index (χ0) is 22.9. The van der Waals surface area contributed by atoms with E-state index in [-0.39, 0.29) is 18.9 Å². The molecule has 1 aromatic rings. The number of carbonyl (C=O) groups excluding carboxylic acids is 2. The first-order chi connectivity index (χ1) is 15.5. The molecular weight excluding hydrogens is 428 g/mol. The van der Waals surface area contributed by atoms with Gasteiger partial charge in [0, 0.05) is 24.5 Å². The van der Waals surface area contributed by atoms with Crippen LogP contribution in [0.1, 0.15) is 46.3 Å². The second kappa shape index (κ2) is 11.7. The van der Waals surface area contributed by atoms with Crippen LogP contribution in [-0.4, -0.2) is 48.8 Å². The molecule has 0 aliphatic carbocycles. The van der Waals surface area contributed by atoms with E-state index >= 15 is 0 Å². The molecule has 6 nitrogen and oxygen atoms in total. The van der Waals surface area contributed by atoms with Gasteiger partial charge in [-0.25, -0.2) is 4.79 Å². The van der Waals surface area contributed by atoms with Gasteiger partial charge in [-0.2, -0.15) is 0 Å². The smallest absolute Gasteiger partial charge is 0.338 e. The van der Waals surface area contributed by atoms with Crippen LogP contribution in [0.15, 0.2) is 47.7 Å². The lowest BCUT2D eigenvalue weighted by atomic mass is 9.94. The van der Waals surface area contributed by atoms with Gasteiger partial charge in [0.1, 0.15) is 0 Å². The molecule has 0 saturated heterocycles. The van der Waals surface area contributed by atoms with Crippen LogP contribution >= 0.6 is 11.6 Å². The predicted octanol–water partition coefficient (Wildman–Crippen LogP) is 4.72. The molecule has 170 valence electrons. The van der Waals surface area contributed by atoms with Crippen LogP contribution in [0.5, 0.6) is 0 Å². The molecule has 2 aliphatic heterocycles. The van der Waals surface area contributed by atoms with Crippen molar-refractivity contribution in [1.29, 1.82) is 0 Å². The van der Waals surface area contributed by atoms with Gasteiger partial charge in [0.05, 0.1) is 17.9 Å². The lowest BCUT2D eigenvalue weighted by Crippen LogP contribution is -2.31. The van der Waals surface area contributed by atoms with Crippen LogP contribution in [0.4, 0.5) is 0 Å². The van der Waals surface area contributed by atoms with E-state index in [0.717, 1.165) is 24.0 Å². The molecular formula is C25H29ClN2O4. The van der Waals surface area contributed by atoms with Crippen LogP contribution in [-0.2, 0) is 20.8 Å². The highest BCUT2D eigenvalue weighted by atomic mass is 35.5. The third-order valence-corrected chi connectivity index (χ3v) is 5.86. The van der Waals surface area contributed by atoms with Gasteiger partial charge in [-0.15, -0.1) is 0 Å². The van der Waals surface area contributed by atoms with Gasteiger partial charge in [-0.3, -0.25) is 4.79 Å². The fraction of sp³-hybridized carbons (Fsp3) is 0.400. The molecule has 0 radical (unpaired) electrons. The minimum atomic E-state index is -0.397. The summed E-state index contributed by atoms with van der Waals surface area (Å²) in [5.74, 6) is -0.520. The number of rotatable bonds is 3. The molecule has 7 heteroatoms. The molecule has 0 aromatic heterocycles. The SMILES string of the molecule is Cc1cc(C)c2c(c1Cl)CC(=N/OCC(=O)N1CC=CC1)/C=C/CC/C=C/CCOC2=O. The van der Waals surface area contributed by atoms with E-state index in [1.165, 1.54) is 0 Å².